The van der Waals surface area contributed by atoms with Gasteiger partial charge in [-0.25, -0.2) is 0 Å². The fraction of sp³-hybridized carbons (Fsp3) is 0.458. The molecule has 1 unspecified atom stereocenters. The molecule has 2 saturated heterocycles. The first-order chi connectivity index (χ1) is 14.0. The topological polar surface area (TPSA) is 67.8 Å². The van der Waals surface area contributed by atoms with E-state index in [-0.39, 0.29) is 17.6 Å². The first kappa shape index (κ1) is 19.9. The predicted octanol–water partition coefficient (Wildman–Crippen LogP) is 4.25. The van der Waals surface area contributed by atoms with Crippen molar-refractivity contribution in [3.8, 4) is 5.75 Å². The molecule has 4 atom stereocenters. The maximum Gasteiger partial charge on any atom is 0.310 e. The van der Waals surface area contributed by atoms with Gasteiger partial charge in [-0.05, 0) is 55.5 Å². The van der Waals surface area contributed by atoms with Crippen molar-refractivity contribution in [2.75, 3.05) is 20.3 Å². The molecule has 0 radical (unpaired) electrons. The van der Waals surface area contributed by atoms with E-state index in [2.05, 4.69) is 29.6 Å². The van der Waals surface area contributed by atoms with Gasteiger partial charge >= 0.3 is 5.97 Å². The van der Waals surface area contributed by atoms with Gasteiger partial charge in [-0.15, -0.1) is 0 Å². The molecule has 29 heavy (non-hydrogen) atoms. The van der Waals surface area contributed by atoms with Crippen LogP contribution in [0.1, 0.15) is 60.8 Å². The van der Waals surface area contributed by atoms with Crippen molar-refractivity contribution in [1.29, 1.82) is 0 Å². The average molecular weight is 395 g/mol. The minimum atomic E-state index is -0.819. The highest BCUT2D eigenvalue weighted by Gasteiger charge is 2.49. The normalized spacial score (nSPS) is 27.7. The first-order valence-electron chi connectivity index (χ1n) is 10.4. The molecule has 0 bridgehead atoms. The van der Waals surface area contributed by atoms with Crippen LogP contribution in [-0.4, -0.2) is 36.9 Å². The zero-order valence-corrected chi connectivity index (χ0v) is 17.1. The summed E-state index contributed by atoms with van der Waals surface area (Å²) in [6.07, 6.45) is 2.99. The Balaban J connectivity index is 1.65. The van der Waals surface area contributed by atoms with Gasteiger partial charge in [0.2, 0.25) is 0 Å². The molecule has 0 amide bonds. The summed E-state index contributed by atoms with van der Waals surface area (Å²) in [6, 6.07) is 16.4. The Kier molecular flexibility index (Phi) is 5.61. The average Bonchev–Trinajstić information content (AvgIpc) is 3.17. The lowest BCUT2D eigenvalue weighted by Crippen LogP contribution is -2.48. The highest BCUT2D eigenvalue weighted by atomic mass is 16.5. The molecule has 2 aromatic carbocycles. The number of carbonyl (C=O) groups is 1. The SMILES string of the molecule is COc1ccc(C(C)C(=O)O)cc1[C@H]1CO[C@]2(CCCN[C@H]2c2ccccc2)C1. The van der Waals surface area contributed by atoms with Gasteiger partial charge in [0, 0.05) is 5.92 Å². The molecule has 0 aliphatic carbocycles. The van der Waals surface area contributed by atoms with Crippen LogP contribution in [-0.2, 0) is 9.53 Å². The summed E-state index contributed by atoms with van der Waals surface area (Å²) in [5, 5.41) is 13.1. The van der Waals surface area contributed by atoms with Crippen LogP contribution < -0.4 is 10.1 Å². The molecule has 5 heteroatoms. The fourth-order valence-corrected chi connectivity index (χ4v) is 4.89. The van der Waals surface area contributed by atoms with Crippen LogP contribution in [0, 0.1) is 0 Å². The number of methoxy groups -OCH3 is 1. The van der Waals surface area contributed by atoms with Crippen molar-refractivity contribution >= 4 is 5.97 Å². The molecule has 5 nitrogen and oxygen atoms in total. The molecule has 2 heterocycles. The smallest absolute Gasteiger partial charge is 0.310 e. The van der Waals surface area contributed by atoms with Crippen LogP contribution in [0.4, 0.5) is 0 Å². The van der Waals surface area contributed by atoms with Crippen molar-refractivity contribution in [3.05, 3.63) is 65.2 Å². The molecule has 2 aromatic rings. The molecule has 1 spiro atoms. The van der Waals surface area contributed by atoms with Gasteiger partial charge in [0.15, 0.2) is 0 Å². The van der Waals surface area contributed by atoms with E-state index in [0.717, 1.165) is 42.7 Å². The van der Waals surface area contributed by atoms with Crippen molar-refractivity contribution in [2.45, 2.75) is 49.7 Å². The summed E-state index contributed by atoms with van der Waals surface area (Å²) in [4.78, 5) is 11.5. The summed E-state index contributed by atoms with van der Waals surface area (Å²) in [5.41, 5.74) is 2.86. The molecule has 2 aliphatic heterocycles. The molecule has 0 saturated carbocycles. The van der Waals surface area contributed by atoms with Gasteiger partial charge in [0.05, 0.1) is 31.3 Å². The van der Waals surface area contributed by atoms with Crippen molar-refractivity contribution in [2.24, 2.45) is 0 Å². The Morgan fingerprint density at radius 2 is 2.07 bits per heavy atom. The maximum atomic E-state index is 11.5. The molecule has 2 aliphatic rings. The van der Waals surface area contributed by atoms with Crippen LogP contribution in [0.3, 0.4) is 0 Å². The van der Waals surface area contributed by atoms with Gasteiger partial charge in [-0.3, -0.25) is 4.79 Å². The number of rotatable bonds is 5. The van der Waals surface area contributed by atoms with E-state index in [9.17, 15) is 9.90 Å². The lowest BCUT2D eigenvalue weighted by Gasteiger charge is -2.41. The number of hydrogen-bond donors (Lipinski definition) is 2. The molecule has 0 aromatic heterocycles. The highest BCUT2D eigenvalue weighted by Crippen LogP contribution is 2.49. The number of nitrogens with one attached hydrogen (secondary N) is 1. The zero-order chi connectivity index (χ0) is 20.4. The summed E-state index contributed by atoms with van der Waals surface area (Å²) >= 11 is 0. The quantitative estimate of drug-likeness (QED) is 0.792. The number of hydrogen-bond acceptors (Lipinski definition) is 4. The third kappa shape index (κ3) is 3.77. The van der Waals surface area contributed by atoms with Crippen molar-refractivity contribution in [3.63, 3.8) is 0 Å². The van der Waals surface area contributed by atoms with Crippen LogP contribution in [0.5, 0.6) is 5.75 Å². The molecule has 4 rings (SSSR count). The van der Waals surface area contributed by atoms with E-state index in [0.29, 0.717) is 6.61 Å². The van der Waals surface area contributed by atoms with E-state index in [1.807, 2.05) is 24.3 Å². The van der Waals surface area contributed by atoms with Gasteiger partial charge in [-0.2, -0.15) is 0 Å². The second-order valence-electron chi connectivity index (χ2n) is 8.24. The summed E-state index contributed by atoms with van der Waals surface area (Å²) < 4.78 is 12.2. The molecular weight excluding hydrogens is 366 g/mol. The minimum Gasteiger partial charge on any atom is -0.496 e. The third-order valence-electron chi connectivity index (χ3n) is 6.51. The molecule has 154 valence electrons. The molecule has 2 fully saturated rings. The lowest BCUT2D eigenvalue weighted by atomic mass is 9.76. The van der Waals surface area contributed by atoms with Gasteiger partial charge in [0.25, 0.3) is 0 Å². The van der Waals surface area contributed by atoms with Gasteiger partial charge in [-0.1, -0.05) is 42.5 Å². The Morgan fingerprint density at radius 3 is 2.79 bits per heavy atom. The number of benzene rings is 2. The number of ether oxygens (including phenoxy) is 2. The minimum absolute atomic E-state index is 0.162. The predicted molar refractivity (Wildman–Crippen MR) is 112 cm³/mol. The third-order valence-corrected chi connectivity index (χ3v) is 6.51. The van der Waals surface area contributed by atoms with E-state index in [1.54, 1.807) is 14.0 Å². The lowest BCUT2D eigenvalue weighted by molar-refractivity contribution is -0.138. The fourth-order valence-electron chi connectivity index (χ4n) is 4.89. The Morgan fingerprint density at radius 1 is 1.28 bits per heavy atom. The molecule has 2 N–H and O–H groups in total. The first-order valence-corrected chi connectivity index (χ1v) is 10.4. The van der Waals surface area contributed by atoms with E-state index < -0.39 is 11.9 Å². The number of carboxylic acid groups (broad SMARTS) is 1. The van der Waals surface area contributed by atoms with Crippen molar-refractivity contribution in [1.82, 2.24) is 5.32 Å². The Bertz CT molecular complexity index is 868. The number of piperidine rings is 1. The van der Waals surface area contributed by atoms with Crippen LogP contribution in [0.25, 0.3) is 0 Å². The summed E-state index contributed by atoms with van der Waals surface area (Å²) in [6.45, 7) is 3.33. The van der Waals surface area contributed by atoms with E-state index in [1.165, 1.54) is 5.56 Å². The van der Waals surface area contributed by atoms with Gasteiger partial charge < -0.3 is 19.9 Å². The highest BCUT2D eigenvalue weighted by molar-refractivity contribution is 5.75. The standard InChI is InChI=1S/C24H29NO4/c1-16(23(26)27)18-9-10-21(28-2)20(13-18)19-14-24(29-15-19)11-6-12-25-22(24)17-7-4-3-5-8-17/h3-5,7-10,13,16,19,22,25H,6,11-12,14-15H2,1-2H3,(H,26,27)/t16?,19-,22+,24-/m1/s1. The number of carboxylic acids is 1. The second kappa shape index (κ2) is 8.17. The van der Waals surface area contributed by atoms with Crippen LogP contribution in [0.2, 0.25) is 0 Å². The summed E-state index contributed by atoms with van der Waals surface area (Å²) in [5.74, 6) is -0.390. The Hall–Kier alpha value is -2.37. The second-order valence-corrected chi connectivity index (χ2v) is 8.24. The largest absolute Gasteiger partial charge is 0.496 e. The van der Waals surface area contributed by atoms with Crippen molar-refractivity contribution < 1.29 is 19.4 Å². The van der Waals surface area contributed by atoms with E-state index >= 15 is 0 Å². The van der Waals surface area contributed by atoms with E-state index in [4.69, 9.17) is 9.47 Å². The zero-order valence-electron chi connectivity index (χ0n) is 17.1. The summed E-state index contributed by atoms with van der Waals surface area (Å²) in [7, 11) is 1.67. The van der Waals surface area contributed by atoms with Gasteiger partial charge in [0.1, 0.15) is 5.75 Å². The molecular formula is C24H29NO4. The van der Waals surface area contributed by atoms with Crippen LogP contribution in [0.15, 0.2) is 48.5 Å². The monoisotopic (exact) mass is 395 g/mol. The number of aliphatic carboxylic acids is 1. The Labute approximate surface area is 172 Å². The maximum absolute atomic E-state index is 11.5. The van der Waals surface area contributed by atoms with Crippen LogP contribution >= 0.6 is 0 Å².